The lowest BCUT2D eigenvalue weighted by Gasteiger charge is -2.31. The molecule has 0 amide bonds. The summed E-state index contributed by atoms with van der Waals surface area (Å²) in [5.41, 5.74) is 1.86. The number of aliphatic carboxylic acids is 1. The molecule has 3 heterocycles. The number of benzene rings is 1. The summed E-state index contributed by atoms with van der Waals surface area (Å²) in [7, 11) is 0. The third-order valence-electron chi connectivity index (χ3n) is 8.29. The van der Waals surface area contributed by atoms with Crippen molar-refractivity contribution in [3.8, 4) is 0 Å². The average molecular weight is 541 g/mol. The Labute approximate surface area is 231 Å². The van der Waals surface area contributed by atoms with Crippen LogP contribution in [0.2, 0.25) is 5.02 Å². The van der Waals surface area contributed by atoms with Crippen LogP contribution in [0.3, 0.4) is 0 Å². The number of halogens is 1. The predicted octanol–water partition coefficient (Wildman–Crippen LogP) is 5.65. The Bertz CT molecular complexity index is 1210. The predicted molar refractivity (Wildman–Crippen MR) is 149 cm³/mol. The van der Waals surface area contributed by atoms with E-state index < -0.39 is 11.4 Å². The number of aromatic nitrogens is 5. The maximum absolute atomic E-state index is 12.3. The van der Waals surface area contributed by atoms with E-state index in [1.807, 2.05) is 37.6 Å². The van der Waals surface area contributed by atoms with E-state index in [0.717, 1.165) is 54.7 Å². The van der Waals surface area contributed by atoms with Crippen molar-refractivity contribution in [2.24, 2.45) is 11.3 Å². The highest BCUT2D eigenvalue weighted by atomic mass is 35.5. The van der Waals surface area contributed by atoms with E-state index in [-0.39, 0.29) is 5.92 Å². The molecule has 1 unspecified atom stereocenters. The maximum atomic E-state index is 12.3. The number of carboxylic acids is 1. The normalized spacial score (nSPS) is 16.1. The van der Waals surface area contributed by atoms with Gasteiger partial charge in [-0.3, -0.25) is 14.4 Å². The summed E-state index contributed by atoms with van der Waals surface area (Å²) in [4.78, 5) is 19.4. The number of nitrogens with zero attached hydrogens (tertiary/aromatic N) is 6. The van der Waals surface area contributed by atoms with Crippen molar-refractivity contribution >= 4 is 17.6 Å². The highest BCUT2D eigenvalue weighted by Gasteiger charge is 2.38. The molecule has 1 atom stereocenters. The summed E-state index contributed by atoms with van der Waals surface area (Å²) in [6.07, 6.45) is 10.9. The van der Waals surface area contributed by atoms with Gasteiger partial charge >= 0.3 is 5.97 Å². The number of likely N-dealkylation sites (tertiary alicyclic amines) is 1. The monoisotopic (exact) mass is 540 g/mol. The van der Waals surface area contributed by atoms with Gasteiger partial charge in [0.2, 0.25) is 0 Å². The lowest BCUT2D eigenvalue weighted by atomic mass is 9.72. The third-order valence-corrected chi connectivity index (χ3v) is 8.65. The lowest BCUT2D eigenvalue weighted by molar-refractivity contribution is -0.148. The molecule has 1 fully saturated rings. The molecule has 0 bridgehead atoms. The van der Waals surface area contributed by atoms with E-state index in [4.69, 9.17) is 11.6 Å². The van der Waals surface area contributed by atoms with Gasteiger partial charge in [0.05, 0.1) is 24.2 Å². The maximum Gasteiger partial charge on any atom is 0.309 e. The van der Waals surface area contributed by atoms with Crippen molar-refractivity contribution in [3.05, 3.63) is 64.5 Å². The largest absolute Gasteiger partial charge is 0.481 e. The molecule has 0 saturated carbocycles. The highest BCUT2D eigenvalue weighted by Crippen LogP contribution is 2.40. The standard InChI is InChI=1S/C29H41ClN6O2/c1-5-21-11-14-34(15-12-21)20-27-31-13-16-35(27)18-23-17-22(7-10-26(23)30)25(29(3,4)28(37)38)9-8-24-19-36(6-2)33-32-24/h7,10,13,16-17,19,21,25H,5-6,8-9,11-12,14-15,18,20H2,1-4H3,(H,37,38). The van der Waals surface area contributed by atoms with Crippen molar-refractivity contribution in [3.63, 3.8) is 0 Å². The van der Waals surface area contributed by atoms with Gasteiger partial charge in [-0.25, -0.2) is 4.98 Å². The topological polar surface area (TPSA) is 89.1 Å². The molecule has 1 aromatic carbocycles. The van der Waals surface area contributed by atoms with E-state index in [2.05, 4.69) is 37.8 Å². The summed E-state index contributed by atoms with van der Waals surface area (Å²) in [5.74, 6) is 0.835. The summed E-state index contributed by atoms with van der Waals surface area (Å²) < 4.78 is 3.96. The minimum absolute atomic E-state index is 0.218. The molecule has 0 spiro atoms. The highest BCUT2D eigenvalue weighted by molar-refractivity contribution is 6.31. The minimum Gasteiger partial charge on any atom is -0.481 e. The zero-order valence-corrected chi connectivity index (χ0v) is 23.9. The molecule has 2 aromatic heterocycles. The van der Waals surface area contributed by atoms with Gasteiger partial charge in [0.15, 0.2) is 0 Å². The minimum atomic E-state index is -0.962. The smallest absolute Gasteiger partial charge is 0.309 e. The average Bonchev–Trinajstić information content (AvgIpc) is 3.55. The second kappa shape index (κ2) is 12.4. The first-order chi connectivity index (χ1) is 18.2. The van der Waals surface area contributed by atoms with Gasteiger partial charge in [-0.1, -0.05) is 42.3 Å². The Morgan fingerprint density at radius 2 is 1.97 bits per heavy atom. The molecule has 1 aliphatic rings. The van der Waals surface area contributed by atoms with Gasteiger partial charge in [-0.2, -0.15) is 0 Å². The first kappa shape index (κ1) is 28.3. The molecule has 0 radical (unpaired) electrons. The Hall–Kier alpha value is -2.71. The first-order valence-electron chi connectivity index (χ1n) is 13.8. The van der Waals surface area contributed by atoms with Gasteiger partial charge in [0.1, 0.15) is 5.82 Å². The Balaban J connectivity index is 1.53. The quantitative estimate of drug-likeness (QED) is 0.319. The molecule has 206 valence electrons. The summed E-state index contributed by atoms with van der Waals surface area (Å²) >= 11 is 6.68. The molecule has 8 nitrogen and oxygen atoms in total. The van der Waals surface area contributed by atoms with Crippen LogP contribution >= 0.6 is 11.6 Å². The lowest BCUT2D eigenvalue weighted by Crippen LogP contribution is -2.34. The van der Waals surface area contributed by atoms with Gasteiger partial charge in [0, 0.05) is 30.2 Å². The van der Waals surface area contributed by atoms with Crippen LogP contribution in [-0.2, 0) is 30.8 Å². The van der Waals surface area contributed by atoms with E-state index >= 15 is 0 Å². The number of carbonyl (C=O) groups is 1. The summed E-state index contributed by atoms with van der Waals surface area (Å²) in [6, 6.07) is 5.95. The Morgan fingerprint density at radius 1 is 1.21 bits per heavy atom. The van der Waals surface area contributed by atoms with Crippen LogP contribution < -0.4 is 0 Å². The van der Waals surface area contributed by atoms with Gasteiger partial charge < -0.3 is 9.67 Å². The van der Waals surface area contributed by atoms with Crippen molar-refractivity contribution in [2.45, 2.75) is 85.4 Å². The van der Waals surface area contributed by atoms with Crippen molar-refractivity contribution in [1.82, 2.24) is 29.4 Å². The van der Waals surface area contributed by atoms with Gasteiger partial charge in [-0.05, 0) is 88.6 Å². The fourth-order valence-electron chi connectivity index (χ4n) is 5.50. The summed E-state index contributed by atoms with van der Waals surface area (Å²) in [6.45, 7) is 12.3. The SMILES string of the molecule is CCC1CCN(Cc2nccn2Cc2cc(C(CCc3cn(CC)nn3)C(C)(C)C(=O)O)ccc2Cl)CC1. The van der Waals surface area contributed by atoms with Gasteiger partial charge in [0.25, 0.3) is 0 Å². The second-order valence-corrected chi connectivity index (χ2v) is 11.5. The molecule has 4 rings (SSSR count). The molecule has 38 heavy (non-hydrogen) atoms. The van der Waals surface area contributed by atoms with Crippen molar-refractivity contribution in [2.75, 3.05) is 13.1 Å². The number of aryl methyl sites for hydroxylation is 2. The van der Waals surface area contributed by atoms with Crippen LogP contribution in [-0.4, -0.2) is 53.6 Å². The number of hydrogen-bond acceptors (Lipinski definition) is 5. The van der Waals surface area contributed by atoms with E-state index in [9.17, 15) is 9.90 Å². The van der Waals surface area contributed by atoms with E-state index in [0.29, 0.717) is 24.4 Å². The van der Waals surface area contributed by atoms with Crippen LogP contribution in [0, 0.1) is 11.3 Å². The fraction of sp³-hybridized carbons (Fsp3) is 0.586. The van der Waals surface area contributed by atoms with Gasteiger partial charge in [-0.15, -0.1) is 5.10 Å². The zero-order chi connectivity index (χ0) is 27.3. The van der Waals surface area contributed by atoms with Crippen molar-refractivity contribution in [1.29, 1.82) is 0 Å². The number of hydrogen-bond donors (Lipinski definition) is 1. The number of piperidine rings is 1. The Kier molecular flexibility index (Phi) is 9.26. The van der Waals surface area contributed by atoms with E-state index in [1.54, 1.807) is 18.5 Å². The first-order valence-corrected chi connectivity index (χ1v) is 14.2. The second-order valence-electron chi connectivity index (χ2n) is 11.1. The molecule has 1 aliphatic heterocycles. The number of carboxylic acid groups (broad SMARTS) is 1. The number of imidazole rings is 1. The van der Waals surface area contributed by atoms with Crippen LogP contribution in [0.25, 0.3) is 0 Å². The molecule has 1 saturated heterocycles. The van der Waals surface area contributed by atoms with Crippen LogP contribution in [0.15, 0.2) is 36.8 Å². The van der Waals surface area contributed by atoms with Crippen LogP contribution in [0.4, 0.5) is 0 Å². The molecular formula is C29H41ClN6O2. The molecular weight excluding hydrogens is 500 g/mol. The molecule has 1 N–H and O–H groups in total. The third kappa shape index (κ3) is 6.64. The van der Waals surface area contributed by atoms with Crippen LogP contribution in [0.5, 0.6) is 0 Å². The summed E-state index contributed by atoms with van der Waals surface area (Å²) in [5, 5.41) is 19.2. The van der Waals surface area contributed by atoms with Crippen LogP contribution in [0.1, 0.15) is 81.9 Å². The van der Waals surface area contributed by atoms with E-state index in [1.165, 1.54) is 19.3 Å². The molecule has 0 aliphatic carbocycles. The Morgan fingerprint density at radius 3 is 2.63 bits per heavy atom. The number of rotatable bonds is 12. The molecule has 3 aromatic rings. The molecule has 9 heteroatoms. The fourth-order valence-corrected chi connectivity index (χ4v) is 5.67. The zero-order valence-electron chi connectivity index (χ0n) is 23.1. The van der Waals surface area contributed by atoms with Crippen molar-refractivity contribution < 1.29 is 9.90 Å².